The molecule has 29 heavy (non-hydrogen) atoms. The van der Waals surface area contributed by atoms with Crippen molar-refractivity contribution >= 4 is 33.3 Å². The fourth-order valence-electron chi connectivity index (χ4n) is 3.22. The van der Waals surface area contributed by atoms with E-state index in [1.807, 2.05) is 6.07 Å². The predicted molar refractivity (Wildman–Crippen MR) is 111 cm³/mol. The van der Waals surface area contributed by atoms with Crippen LogP contribution in [0.15, 0.2) is 36.4 Å². The number of nitrogens with one attached hydrogen (secondary N) is 2. The third-order valence-corrected chi connectivity index (χ3v) is 6.15. The van der Waals surface area contributed by atoms with Crippen LogP contribution in [0.1, 0.15) is 22.7 Å². The lowest BCUT2D eigenvalue weighted by molar-refractivity contribution is 0.250. The summed E-state index contributed by atoms with van der Waals surface area (Å²) in [6, 6.07) is 7.75. The number of halogens is 2. The number of terminal acetylenes is 1. The molecule has 1 aliphatic rings. The number of hydrogen-bond acceptors (Lipinski definition) is 3. The topological polar surface area (TPSA) is 78.5 Å². The number of sulfonamides is 1. The van der Waals surface area contributed by atoms with Gasteiger partial charge in [-0.2, -0.15) is 4.31 Å². The van der Waals surface area contributed by atoms with Gasteiger partial charge in [-0.15, -0.1) is 6.42 Å². The van der Waals surface area contributed by atoms with E-state index in [0.717, 1.165) is 17.2 Å². The second-order valence-electron chi connectivity index (χ2n) is 6.65. The predicted octanol–water partition coefficient (Wildman–Crippen LogP) is 3.29. The SMILES string of the molecule is C#CC(NC(=O)Nc1cccc2c1CCN(S(C)(=O)=O)C2)c1ccc(Cl)cc1F. The molecule has 3 rings (SSSR count). The van der Waals surface area contributed by atoms with Gasteiger partial charge in [0, 0.05) is 29.4 Å². The number of anilines is 1. The van der Waals surface area contributed by atoms with Gasteiger partial charge in [-0.1, -0.05) is 35.7 Å². The van der Waals surface area contributed by atoms with E-state index in [1.54, 1.807) is 12.1 Å². The first kappa shape index (κ1) is 21.1. The number of hydrogen-bond donors (Lipinski definition) is 2. The highest BCUT2D eigenvalue weighted by atomic mass is 35.5. The summed E-state index contributed by atoms with van der Waals surface area (Å²) in [5, 5.41) is 5.51. The number of carbonyl (C=O) groups is 1. The highest BCUT2D eigenvalue weighted by Crippen LogP contribution is 2.27. The van der Waals surface area contributed by atoms with E-state index in [-0.39, 0.29) is 17.1 Å². The minimum atomic E-state index is -3.30. The monoisotopic (exact) mass is 435 g/mol. The standard InChI is InChI=1S/C20H19ClFN3O3S/c1-3-18(16-8-7-14(21)11-17(16)22)23-20(26)24-19-6-4-5-13-12-25(29(2,27)28)10-9-15(13)19/h1,4-8,11,18H,9-10,12H2,2H3,(H2,23,24,26). The van der Waals surface area contributed by atoms with Gasteiger partial charge in [0.05, 0.1) is 6.26 Å². The maximum absolute atomic E-state index is 14.1. The molecule has 0 aromatic heterocycles. The number of rotatable bonds is 4. The number of urea groups is 1. The first-order valence-electron chi connectivity index (χ1n) is 8.73. The molecule has 1 aliphatic heterocycles. The molecule has 2 aromatic rings. The van der Waals surface area contributed by atoms with Crippen LogP contribution in [0.4, 0.5) is 14.9 Å². The van der Waals surface area contributed by atoms with E-state index in [2.05, 4.69) is 16.6 Å². The average Bonchev–Trinajstić information content (AvgIpc) is 2.65. The average molecular weight is 436 g/mol. The van der Waals surface area contributed by atoms with Gasteiger partial charge in [0.25, 0.3) is 0 Å². The van der Waals surface area contributed by atoms with Crippen LogP contribution in [0.2, 0.25) is 5.02 Å². The Morgan fingerprint density at radius 3 is 2.76 bits per heavy atom. The van der Waals surface area contributed by atoms with E-state index in [0.29, 0.717) is 18.7 Å². The zero-order chi connectivity index (χ0) is 21.2. The number of fused-ring (bicyclic) bond motifs is 1. The quantitative estimate of drug-likeness (QED) is 0.723. The Hall–Kier alpha value is -2.60. The van der Waals surface area contributed by atoms with Gasteiger partial charge in [0.1, 0.15) is 11.9 Å². The molecule has 2 N–H and O–H groups in total. The molecule has 0 bridgehead atoms. The summed E-state index contributed by atoms with van der Waals surface area (Å²) in [4.78, 5) is 12.5. The van der Waals surface area contributed by atoms with Gasteiger partial charge in [-0.3, -0.25) is 0 Å². The van der Waals surface area contributed by atoms with Gasteiger partial charge in [0.15, 0.2) is 0 Å². The van der Waals surface area contributed by atoms with E-state index >= 15 is 0 Å². The Balaban J connectivity index is 1.75. The molecule has 0 spiro atoms. The summed E-state index contributed by atoms with van der Waals surface area (Å²) in [5.41, 5.74) is 2.36. The number of amides is 2. The van der Waals surface area contributed by atoms with Crippen molar-refractivity contribution in [1.29, 1.82) is 0 Å². The molecule has 6 nitrogen and oxygen atoms in total. The molecule has 152 valence electrons. The summed E-state index contributed by atoms with van der Waals surface area (Å²) < 4.78 is 39.1. The Morgan fingerprint density at radius 2 is 2.10 bits per heavy atom. The number of nitrogens with zero attached hydrogens (tertiary/aromatic N) is 1. The summed E-state index contributed by atoms with van der Waals surface area (Å²) in [6.07, 6.45) is 7.10. The van der Waals surface area contributed by atoms with Crippen LogP contribution in [0.5, 0.6) is 0 Å². The molecule has 9 heteroatoms. The Labute approximate surface area is 174 Å². The maximum atomic E-state index is 14.1. The van der Waals surface area contributed by atoms with E-state index in [4.69, 9.17) is 18.0 Å². The summed E-state index contributed by atoms with van der Waals surface area (Å²) in [7, 11) is -3.30. The summed E-state index contributed by atoms with van der Waals surface area (Å²) in [6.45, 7) is 0.573. The highest BCUT2D eigenvalue weighted by Gasteiger charge is 2.25. The van der Waals surface area contributed by atoms with Crippen LogP contribution in [-0.4, -0.2) is 31.6 Å². The van der Waals surface area contributed by atoms with Crippen LogP contribution in [-0.2, 0) is 23.0 Å². The third-order valence-electron chi connectivity index (χ3n) is 4.66. The molecule has 1 unspecified atom stereocenters. The largest absolute Gasteiger partial charge is 0.320 e. The van der Waals surface area contributed by atoms with Crippen LogP contribution < -0.4 is 10.6 Å². The second kappa shape index (κ2) is 8.41. The van der Waals surface area contributed by atoms with Crippen molar-refractivity contribution in [2.24, 2.45) is 0 Å². The van der Waals surface area contributed by atoms with Crippen molar-refractivity contribution in [3.8, 4) is 12.3 Å². The summed E-state index contributed by atoms with van der Waals surface area (Å²) >= 11 is 5.75. The van der Waals surface area contributed by atoms with E-state index < -0.39 is 27.9 Å². The van der Waals surface area contributed by atoms with Crippen molar-refractivity contribution in [2.75, 3.05) is 18.1 Å². The lowest BCUT2D eigenvalue weighted by atomic mass is 9.99. The highest BCUT2D eigenvalue weighted by molar-refractivity contribution is 7.88. The van der Waals surface area contributed by atoms with Gasteiger partial charge in [0.2, 0.25) is 10.0 Å². The first-order valence-corrected chi connectivity index (χ1v) is 11.0. The van der Waals surface area contributed by atoms with Crippen LogP contribution in [0.25, 0.3) is 0 Å². The van der Waals surface area contributed by atoms with Crippen molar-refractivity contribution in [1.82, 2.24) is 9.62 Å². The molecule has 0 radical (unpaired) electrons. The molecule has 0 aliphatic carbocycles. The lowest BCUT2D eigenvalue weighted by Crippen LogP contribution is -2.36. The Morgan fingerprint density at radius 1 is 1.34 bits per heavy atom. The molecule has 0 saturated carbocycles. The molecular weight excluding hydrogens is 417 g/mol. The Bertz CT molecular complexity index is 1100. The molecule has 0 saturated heterocycles. The van der Waals surface area contributed by atoms with Gasteiger partial charge in [-0.25, -0.2) is 17.6 Å². The molecule has 1 atom stereocenters. The van der Waals surface area contributed by atoms with Crippen molar-refractivity contribution in [2.45, 2.75) is 19.0 Å². The molecule has 1 heterocycles. The van der Waals surface area contributed by atoms with Crippen molar-refractivity contribution in [3.05, 3.63) is 63.9 Å². The van der Waals surface area contributed by atoms with Crippen LogP contribution in [0, 0.1) is 18.2 Å². The van der Waals surface area contributed by atoms with Crippen LogP contribution in [0.3, 0.4) is 0 Å². The molecule has 0 fully saturated rings. The third kappa shape index (κ3) is 4.88. The first-order chi connectivity index (χ1) is 13.7. The number of carbonyl (C=O) groups excluding carboxylic acids is 1. The normalized spacial score (nSPS) is 15.1. The zero-order valence-corrected chi connectivity index (χ0v) is 17.1. The Kier molecular flexibility index (Phi) is 6.13. The zero-order valence-electron chi connectivity index (χ0n) is 15.6. The molecular formula is C20H19ClFN3O3S. The van der Waals surface area contributed by atoms with E-state index in [9.17, 15) is 17.6 Å². The molecule has 2 aromatic carbocycles. The van der Waals surface area contributed by atoms with Gasteiger partial charge < -0.3 is 10.6 Å². The second-order valence-corrected chi connectivity index (χ2v) is 9.07. The van der Waals surface area contributed by atoms with Gasteiger partial charge >= 0.3 is 6.03 Å². The maximum Gasteiger partial charge on any atom is 0.320 e. The lowest BCUT2D eigenvalue weighted by Gasteiger charge is -2.28. The van der Waals surface area contributed by atoms with Crippen molar-refractivity contribution < 1.29 is 17.6 Å². The molecule has 2 amide bonds. The van der Waals surface area contributed by atoms with Crippen LogP contribution >= 0.6 is 11.6 Å². The van der Waals surface area contributed by atoms with Crippen molar-refractivity contribution in [3.63, 3.8) is 0 Å². The minimum absolute atomic E-state index is 0.130. The number of benzene rings is 2. The fraction of sp³-hybridized carbons (Fsp3) is 0.250. The fourth-order valence-corrected chi connectivity index (χ4v) is 4.17. The van der Waals surface area contributed by atoms with E-state index in [1.165, 1.54) is 22.7 Å². The smallest absolute Gasteiger partial charge is 0.320 e. The summed E-state index contributed by atoms with van der Waals surface area (Å²) in [5.74, 6) is 1.74. The van der Waals surface area contributed by atoms with Gasteiger partial charge in [-0.05, 0) is 35.7 Å². The minimum Gasteiger partial charge on any atom is -0.320 e.